The van der Waals surface area contributed by atoms with Crippen molar-refractivity contribution in [3.05, 3.63) is 84.9 Å². The Morgan fingerprint density at radius 1 is 0.608 bits per heavy atom. The summed E-state index contributed by atoms with van der Waals surface area (Å²) in [5, 5.41) is 13.2. The van der Waals surface area contributed by atoms with E-state index < -0.39 is 20.0 Å². The molecule has 9 nitrogen and oxygen atoms in total. The molecule has 0 aliphatic carbocycles. The van der Waals surface area contributed by atoms with Crippen LogP contribution in [0.25, 0.3) is 21.5 Å². The van der Waals surface area contributed by atoms with Crippen LogP contribution in [0.1, 0.15) is 73.1 Å². The van der Waals surface area contributed by atoms with Gasteiger partial charge in [0.15, 0.2) is 0 Å². The number of hydrogen-bond donors (Lipinski definition) is 5. The second kappa shape index (κ2) is 20.4. The van der Waals surface area contributed by atoms with Gasteiger partial charge in [-0.25, -0.2) is 26.3 Å². The minimum Gasteiger partial charge on any atom is -0.396 e. The molecule has 4 aromatic carbocycles. The molecule has 0 aromatic heterocycles. The van der Waals surface area contributed by atoms with Crippen LogP contribution in [0.3, 0.4) is 0 Å². The van der Waals surface area contributed by atoms with Gasteiger partial charge in [0.2, 0.25) is 20.0 Å². The van der Waals surface area contributed by atoms with Crippen molar-refractivity contribution in [3.63, 3.8) is 0 Å². The van der Waals surface area contributed by atoms with Crippen LogP contribution in [-0.2, 0) is 20.0 Å². The normalized spacial score (nSPS) is 14.7. The average molecular weight is 741 g/mol. The Balaban J connectivity index is 0.000000277. The molecule has 51 heavy (non-hydrogen) atoms. The summed E-state index contributed by atoms with van der Waals surface area (Å²) in [4.78, 5) is 0.564. The third kappa shape index (κ3) is 13.5. The Hall–Kier alpha value is -2.90. The molecule has 11 heteroatoms. The van der Waals surface area contributed by atoms with Crippen molar-refractivity contribution in [1.82, 2.24) is 9.44 Å². The van der Waals surface area contributed by atoms with Gasteiger partial charge in [0.05, 0.1) is 9.79 Å². The summed E-state index contributed by atoms with van der Waals surface area (Å²) in [6, 6.07) is 25.4. The van der Waals surface area contributed by atoms with Crippen molar-refractivity contribution in [2.24, 2.45) is 35.1 Å². The summed E-state index contributed by atoms with van der Waals surface area (Å²) in [6.07, 6.45) is 4.65. The average Bonchev–Trinajstić information content (AvgIpc) is 3.09. The van der Waals surface area contributed by atoms with E-state index in [1.165, 1.54) is 0 Å². The number of fused-ring (bicyclic) bond motifs is 2. The van der Waals surface area contributed by atoms with Gasteiger partial charge in [0.1, 0.15) is 0 Å². The lowest BCUT2D eigenvalue weighted by atomic mass is 9.90. The van der Waals surface area contributed by atoms with Crippen molar-refractivity contribution in [3.8, 4) is 0 Å². The zero-order valence-corrected chi connectivity index (χ0v) is 32.6. The van der Waals surface area contributed by atoms with Crippen LogP contribution < -0.4 is 20.9 Å². The fourth-order valence-corrected chi connectivity index (χ4v) is 9.04. The summed E-state index contributed by atoms with van der Waals surface area (Å²) in [5.74, 6) is 1.87. The molecule has 0 spiro atoms. The molecule has 4 rings (SSSR count). The first kappa shape index (κ1) is 42.5. The molecular weight excluding hydrogens is 681 g/mol. The van der Waals surface area contributed by atoms with Gasteiger partial charge in [0.25, 0.3) is 0 Å². The van der Waals surface area contributed by atoms with Crippen molar-refractivity contribution in [2.75, 3.05) is 19.7 Å². The van der Waals surface area contributed by atoms with Gasteiger partial charge in [-0.05, 0) is 128 Å². The fraction of sp³-hybridized carbons (Fsp3) is 0.500. The molecule has 0 radical (unpaired) electrons. The van der Waals surface area contributed by atoms with Gasteiger partial charge < -0.3 is 16.6 Å². The quantitative estimate of drug-likeness (QED) is 0.0707. The third-order valence-electron chi connectivity index (χ3n) is 9.50. The SMILES string of the molecule is CC(C)CC(CN)CCC(CCO)NS(=O)(=O)c1ccc2ccccc2c1.CC(CCC(CN)C(C)C)NS(=O)(=O)c1ccc2ccccc2c1. The number of benzene rings is 4. The monoisotopic (exact) mass is 740 g/mol. The second-order valence-corrected chi connectivity index (χ2v) is 17.9. The fourth-order valence-electron chi connectivity index (χ4n) is 6.39. The Morgan fingerprint density at radius 3 is 1.57 bits per heavy atom. The highest BCUT2D eigenvalue weighted by Crippen LogP contribution is 2.23. The molecule has 0 aliphatic heterocycles. The molecule has 0 bridgehead atoms. The van der Waals surface area contributed by atoms with Gasteiger partial charge >= 0.3 is 0 Å². The molecule has 0 aliphatic rings. The molecule has 4 atom stereocenters. The van der Waals surface area contributed by atoms with Gasteiger partial charge in [0, 0.05) is 18.7 Å². The van der Waals surface area contributed by atoms with Gasteiger partial charge in [-0.1, -0.05) is 88.4 Å². The number of aliphatic hydroxyl groups is 1. The molecular formula is C40H60N4O5S2. The molecule has 0 heterocycles. The molecule has 0 fully saturated rings. The molecule has 0 amide bonds. The maximum Gasteiger partial charge on any atom is 0.240 e. The lowest BCUT2D eigenvalue weighted by molar-refractivity contribution is 0.261. The van der Waals surface area contributed by atoms with Crippen LogP contribution in [0.5, 0.6) is 0 Å². The smallest absolute Gasteiger partial charge is 0.240 e. The summed E-state index contributed by atoms with van der Waals surface area (Å²) in [5.41, 5.74) is 11.7. The number of nitrogens with one attached hydrogen (secondary N) is 2. The lowest BCUT2D eigenvalue weighted by Crippen LogP contribution is -2.36. The number of sulfonamides is 2. The van der Waals surface area contributed by atoms with Crippen LogP contribution >= 0.6 is 0 Å². The second-order valence-electron chi connectivity index (χ2n) is 14.5. The van der Waals surface area contributed by atoms with E-state index >= 15 is 0 Å². The summed E-state index contributed by atoms with van der Waals surface area (Å²) in [7, 11) is -7.15. The summed E-state index contributed by atoms with van der Waals surface area (Å²) >= 11 is 0. The minimum absolute atomic E-state index is 0.0532. The van der Waals surface area contributed by atoms with Crippen LogP contribution in [0, 0.1) is 23.7 Å². The zero-order chi connectivity index (χ0) is 37.6. The Kier molecular flexibility index (Phi) is 17.0. The van der Waals surface area contributed by atoms with E-state index in [-0.39, 0.29) is 23.6 Å². The van der Waals surface area contributed by atoms with Gasteiger partial charge in [-0.3, -0.25) is 0 Å². The molecule has 7 N–H and O–H groups in total. The van der Waals surface area contributed by atoms with E-state index in [1.807, 2.05) is 67.6 Å². The van der Waals surface area contributed by atoms with Gasteiger partial charge in [-0.2, -0.15) is 0 Å². The molecule has 0 saturated heterocycles. The van der Waals surface area contributed by atoms with E-state index in [1.54, 1.807) is 24.3 Å². The largest absolute Gasteiger partial charge is 0.396 e. The highest BCUT2D eigenvalue weighted by atomic mass is 32.2. The molecule has 4 aromatic rings. The van der Waals surface area contributed by atoms with E-state index in [9.17, 15) is 21.9 Å². The molecule has 282 valence electrons. The first-order chi connectivity index (χ1) is 24.2. The first-order valence-corrected chi connectivity index (χ1v) is 21.2. The van der Waals surface area contributed by atoms with Crippen LogP contribution in [0.4, 0.5) is 0 Å². The highest BCUT2D eigenvalue weighted by molar-refractivity contribution is 7.89. The van der Waals surface area contributed by atoms with Crippen molar-refractivity contribution in [1.29, 1.82) is 0 Å². The van der Waals surface area contributed by atoms with Crippen LogP contribution in [0.15, 0.2) is 94.7 Å². The maximum absolute atomic E-state index is 12.8. The third-order valence-corrected chi connectivity index (χ3v) is 12.6. The van der Waals surface area contributed by atoms with Crippen LogP contribution in [-0.4, -0.2) is 53.7 Å². The number of aliphatic hydroxyl groups excluding tert-OH is 1. The highest BCUT2D eigenvalue weighted by Gasteiger charge is 2.22. The van der Waals surface area contributed by atoms with Crippen molar-refractivity contribution in [2.45, 2.75) is 95.0 Å². The zero-order valence-electron chi connectivity index (χ0n) is 31.0. The number of nitrogens with two attached hydrogens (primary N) is 2. The number of hydrogen-bond acceptors (Lipinski definition) is 7. The predicted molar refractivity (Wildman–Crippen MR) is 211 cm³/mol. The summed E-state index contributed by atoms with van der Waals surface area (Å²) in [6.45, 7) is 11.7. The minimum atomic E-state index is -3.64. The van der Waals surface area contributed by atoms with Crippen molar-refractivity contribution < 1.29 is 21.9 Å². The maximum atomic E-state index is 12.8. The number of rotatable bonds is 19. The topological polar surface area (TPSA) is 165 Å². The van der Waals surface area contributed by atoms with Crippen LogP contribution in [0.2, 0.25) is 0 Å². The van der Waals surface area contributed by atoms with E-state index in [0.717, 1.165) is 47.2 Å². The van der Waals surface area contributed by atoms with Gasteiger partial charge in [-0.15, -0.1) is 0 Å². The van der Waals surface area contributed by atoms with Crippen molar-refractivity contribution >= 4 is 41.6 Å². The molecule has 4 unspecified atom stereocenters. The van der Waals surface area contributed by atoms with E-state index in [0.29, 0.717) is 54.5 Å². The van der Waals surface area contributed by atoms with E-state index in [4.69, 9.17) is 11.5 Å². The standard InChI is InChI=1S/C21H32N2O3S.C19H28N2O2S/c1-16(2)13-17(15-22)7-9-20(11-12-24)23-27(25,26)21-10-8-18-5-3-4-6-19(18)14-21;1-14(2)18(13-20)9-8-15(3)21-24(22,23)19-11-10-16-6-4-5-7-17(16)12-19/h3-6,8,10,14,16-17,20,23-24H,7,9,11-13,15,22H2,1-2H3;4-7,10-12,14-15,18,21H,8-9,13,20H2,1-3H3. The Bertz CT molecular complexity index is 1870. The Labute approximate surface area is 306 Å². The summed E-state index contributed by atoms with van der Waals surface area (Å²) < 4.78 is 56.4. The first-order valence-electron chi connectivity index (χ1n) is 18.2. The molecule has 0 saturated carbocycles. The Morgan fingerprint density at radius 2 is 1.12 bits per heavy atom. The van der Waals surface area contributed by atoms with E-state index in [2.05, 4.69) is 37.1 Å². The lowest BCUT2D eigenvalue weighted by Gasteiger charge is -2.22. The predicted octanol–water partition coefficient (Wildman–Crippen LogP) is 6.79.